The highest BCUT2D eigenvalue weighted by atomic mass is 31.2. The van der Waals surface area contributed by atoms with E-state index in [1.165, 1.54) is 36.4 Å². The number of hydrogen-bond acceptors (Lipinski definition) is 7. The Morgan fingerprint density at radius 3 is 2.18 bits per heavy atom. The number of rotatable bonds is 12. The molecule has 0 aliphatic carbocycles. The molecule has 6 rings (SSSR count). The Morgan fingerprint density at radius 1 is 0.932 bits per heavy atom. The van der Waals surface area contributed by atoms with Crippen LogP contribution in [0.4, 0.5) is 23.2 Å². The van der Waals surface area contributed by atoms with Crippen LogP contribution in [0.2, 0.25) is 0 Å². The van der Waals surface area contributed by atoms with Gasteiger partial charge in [-0.05, 0) is 53.6 Å². The minimum Gasteiger partial charge on any atom is -0.483 e. The van der Waals surface area contributed by atoms with Crippen LogP contribution < -0.4 is 9.47 Å². The predicted octanol–water partition coefficient (Wildman–Crippen LogP) is 5.59. The van der Waals surface area contributed by atoms with Crippen molar-refractivity contribution in [3.8, 4) is 17.2 Å². The number of nitrogens with zero attached hydrogens (tertiary/aromatic N) is 4. The number of likely N-dealkylation sites (tertiary alicyclic amines) is 1. The summed E-state index contributed by atoms with van der Waals surface area (Å²) in [7, 11) is -3.17. The second kappa shape index (κ2) is 11.5. The highest BCUT2D eigenvalue weighted by molar-refractivity contribution is 7.54. The van der Waals surface area contributed by atoms with E-state index in [0.717, 1.165) is 23.1 Å². The summed E-state index contributed by atoms with van der Waals surface area (Å²) >= 11 is 0. The van der Waals surface area contributed by atoms with E-state index in [9.17, 15) is 37.0 Å². The van der Waals surface area contributed by atoms with E-state index in [1.807, 2.05) is 0 Å². The topological polar surface area (TPSA) is 114 Å². The summed E-state index contributed by atoms with van der Waals surface area (Å²) < 4.78 is 89.1. The lowest BCUT2D eigenvalue weighted by Gasteiger charge is -2.38. The average molecular weight is 636 g/mol. The molecule has 0 radical (unpaired) electrons. The Balaban J connectivity index is 1.13. The van der Waals surface area contributed by atoms with Crippen molar-refractivity contribution in [1.29, 1.82) is 0 Å². The zero-order chi connectivity index (χ0) is 31.2. The number of halogens is 4. The van der Waals surface area contributed by atoms with Crippen LogP contribution in [-0.2, 0) is 22.3 Å². The summed E-state index contributed by atoms with van der Waals surface area (Å²) in [5, 5.41) is 11.6. The quantitative estimate of drug-likeness (QED) is 0.0825. The van der Waals surface area contributed by atoms with Crippen LogP contribution in [0.1, 0.15) is 21.5 Å². The van der Waals surface area contributed by atoms with Gasteiger partial charge in [-0.15, -0.1) is 0 Å². The molecule has 3 fully saturated rings. The summed E-state index contributed by atoms with van der Waals surface area (Å²) in [4.78, 5) is 24.4. The van der Waals surface area contributed by atoms with Crippen molar-refractivity contribution in [2.75, 3.05) is 39.3 Å². The van der Waals surface area contributed by atoms with Crippen LogP contribution >= 0.6 is 7.67 Å². The molecule has 0 atom stereocenters. The first-order chi connectivity index (χ1) is 20.9. The third kappa shape index (κ3) is 6.41. The van der Waals surface area contributed by atoms with E-state index in [1.54, 1.807) is 9.34 Å². The molecule has 0 unspecified atom stereocenters. The van der Waals surface area contributed by atoms with Gasteiger partial charge in [0.1, 0.15) is 12.4 Å². The molecule has 232 valence electrons. The van der Waals surface area contributed by atoms with Gasteiger partial charge in [-0.25, -0.2) is 26.9 Å². The molecule has 16 heteroatoms. The molecule has 3 saturated heterocycles. The van der Waals surface area contributed by atoms with Gasteiger partial charge in [0.05, 0.1) is 24.6 Å². The minimum absolute atomic E-state index is 0.0284. The van der Waals surface area contributed by atoms with Gasteiger partial charge in [-0.2, -0.15) is 0 Å². The van der Waals surface area contributed by atoms with Crippen molar-refractivity contribution < 1.29 is 45.8 Å². The normalized spacial score (nSPS) is 17.6. The first-order valence-electron chi connectivity index (χ1n) is 13.5. The lowest BCUT2D eigenvalue weighted by Crippen LogP contribution is -2.58. The van der Waals surface area contributed by atoms with Crippen molar-refractivity contribution in [2.45, 2.75) is 19.1 Å². The average Bonchev–Trinajstić information content (AvgIpc) is 3.87. The molecule has 0 aromatic heterocycles. The van der Waals surface area contributed by atoms with Gasteiger partial charge in [0, 0.05) is 37.8 Å². The van der Waals surface area contributed by atoms with E-state index in [2.05, 4.69) is 0 Å². The summed E-state index contributed by atoms with van der Waals surface area (Å²) in [6.07, 6.45) is 0. The lowest BCUT2D eigenvalue weighted by atomic mass is 10.1. The van der Waals surface area contributed by atoms with Crippen LogP contribution in [0.15, 0.2) is 54.6 Å². The number of benzene rings is 3. The Bertz CT molecular complexity index is 1640. The van der Waals surface area contributed by atoms with Gasteiger partial charge in [0.15, 0.2) is 17.4 Å². The zero-order valence-electron chi connectivity index (χ0n) is 23.0. The molecule has 0 saturated carbocycles. The molecule has 3 aromatic carbocycles. The van der Waals surface area contributed by atoms with Gasteiger partial charge in [0.25, 0.3) is 11.8 Å². The fourth-order valence-corrected chi connectivity index (χ4v) is 6.82. The van der Waals surface area contributed by atoms with Gasteiger partial charge < -0.3 is 18.9 Å². The molecule has 3 aliphatic heterocycles. The second-order valence-electron chi connectivity index (χ2n) is 10.6. The first kappa shape index (κ1) is 30.0. The lowest BCUT2D eigenvalue weighted by molar-refractivity contribution is -0.385. The molecule has 0 bridgehead atoms. The van der Waals surface area contributed by atoms with Crippen molar-refractivity contribution in [1.82, 2.24) is 14.2 Å². The van der Waals surface area contributed by atoms with Crippen LogP contribution in [0.25, 0.3) is 0 Å². The maximum atomic E-state index is 14.8. The van der Waals surface area contributed by atoms with E-state index in [-0.39, 0.29) is 34.8 Å². The highest BCUT2D eigenvalue weighted by Gasteiger charge is 2.49. The summed E-state index contributed by atoms with van der Waals surface area (Å²) in [6.45, 7) is 0.460. The number of carbonyl (C=O) groups is 1. The summed E-state index contributed by atoms with van der Waals surface area (Å²) in [6, 6.07) is 11.3. The monoisotopic (exact) mass is 636 g/mol. The van der Waals surface area contributed by atoms with Gasteiger partial charge in [-0.3, -0.25) is 19.5 Å². The van der Waals surface area contributed by atoms with E-state index < -0.39 is 67.2 Å². The van der Waals surface area contributed by atoms with Crippen LogP contribution in [0.5, 0.6) is 17.2 Å². The minimum atomic E-state index is -3.17. The number of alkyl halides is 2. The van der Waals surface area contributed by atoms with Crippen LogP contribution in [0, 0.1) is 21.7 Å². The predicted molar refractivity (Wildman–Crippen MR) is 147 cm³/mol. The number of amides is 1. The second-order valence-corrected chi connectivity index (χ2v) is 12.9. The Kier molecular flexibility index (Phi) is 7.82. The van der Waals surface area contributed by atoms with E-state index in [4.69, 9.17) is 14.0 Å². The van der Waals surface area contributed by atoms with Gasteiger partial charge >= 0.3 is 13.4 Å². The molecule has 3 aromatic rings. The third-order valence-corrected chi connectivity index (χ3v) is 9.76. The smallest absolute Gasteiger partial charge is 0.346 e. The maximum Gasteiger partial charge on any atom is 0.346 e. The van der Waals surface area contributed by atoms with Crippen LogP contribution in [-0.4, -0.2) is 70.3 Å². The molecular weight excluding hydrogens is 611 g/mol. The van der Waals surface area contributed by atoms with E-state index >= 15 is 0 Å². The summed E-state index contributed by atoms with van der Waals surface area (Å²) in [5.74, 6) is -6.52. The SMILES string of the molecule is O=C(c1cccc(Oc2cc(COc3c(F)cc(COP(=O)(N4CC4)N4CC4)cc3F)ccc2[N+](=O)[O-])c1)N1CC(F)(F)C1. The molecule has 3 heterocycles. The zero-order valence-corrected chi connectivity index (χ0v) is 23.9. The van der Waals surface area contributed by atoms with Crippen molar-refractivity contribution in [2.24, 2.45) is 0 Å². The van der Waals surface area contributed by atoms with Crippen molar-refractivity contribution >= 4 is 19.3 Å². The van der Waals surface area contributed by atoms with Crippen molar-refractivity contribution in [3.05, 3.63) is 93.0 Å². The van der Waals surface area contributed by atoms with Gasteiger partial charge in [-0.1, -0.05) is 6.07 Å². The number of ether oxygens (including phenoxy) is 2. The molecule has 0 N–H and O–H groups in total. The highest BCUT2D eigenvalue weighted by Crippen LogP contribution is 2.61. The number of hydrogen-bond donors (Lipinski definition) is 0. The third-order valence-electron chi connectivity index (χ3n) is 7.06. The fraction of sp³-hybridized carbons (Fsp3) is 0.321. The Morgan fingerprint density at radius 2 is 1.59 bits per heavy atom. The number of nitro groups is 1. The maximum absolute atomic E-state index is 14.8. The number of carbonyl (C=O) groups excluding carboxylic acids is 1. The largest absolute Gasteiger partial charge is 0.483 e. The molecule has 11 nitrogen and oxygen atoms in total. The van der Waals surface area contributed by atoms with Crippen LogP contribution in [0.3, 0.4) is 0 Å². The molecule has 44 heavy (non-hydrogen) atoms. The molecule has 3 aliphatic rings. The first-order valence-corrected chi connectivity index (χ1v) is 15.0. The molecular formula is C28H25F4N4O7P. The Hall–Kier alpha value is -4.04. The fourth-order valence-electron chi connectivity index (χ4n) is 4.62. The molecule has 0 spiro atoms. The van der Waals surface area contributed by atoms with Gasteiger partial charge in [0.2, 0.25) is 5.75 Å². The van der Waals surface area contributed by atoms with Crippen molar-refractivity contribution in [3.63, 3.8) is 0 Å². The Labute approximate surface area is 248 Å². The molecule has 1 amide bonds. The standard InChI is InChI=1S/C28H25F4N4O7P/c29-22-10-19(15-42-44(40,34-6-7-34)35-8-9-35)11-23(30)26(22)41-14-18-4-5-24(36(38)39)25(12-18)43-21-3-1-2-20(13-21)27(37)33-16-28(31,32)17-33/h1-5,10-13H,6-9,14-17H2. The van der Waals surface area contributed by atoms with E-state index in [0.29, 0.717) is 26.2 Å². The number of nitro benzene ring substituents is 1. The summed E-state index contributed by atoms with van der Waals surface area (Å²) in [5.41, 5.74) is 0.0188.